The van der Waals surface area contributed by atoms with Crippen LogP contribution in [0.5, 0.6) is 11.5 Å². The molecule has 0 N–H and O–H groups in total. The predicted molar refractivity (Wildman–Crippen MR) is 80.9 cm³/mol. The van der Waals surface area contributed by atoms with E-state index >= 15 is 0 Å². The standard InChI is InChI=1S/C17H12F2O4/c1-21-10-4-6-12-14(8-10)23-16(17(22-2)15(12)20)11-5-3-9(18)7-13(11)19/h3-8H,1-2H3. The molecule has 2 aromatic carbocycles. The Hall–Kier alpha value is -2.89. The van der Waals surface area contributed by atoms with Crippen LogP contribution in [0.3, 0.4) is 0 Å². The summed E-state index contributed by atoms with van der Waals surface area (Å²) < 4.78 is 43.0. The Morgan fingerprint density at radius 2 is 1.78 bits per heavy atom. The van der Waals surface area contributed by atoms with Gasteiger partial charge in [-0.25, -0.2) is 8.78 Å². The zero-order valence-electron chi connectivity index (χ0n) is 12.4. The summed E-state index contributed by atoms with van der Waals surface area (Å²) in [5, 5.41) is 0.272. The van der Waals surface area contributed by atoms with Crippen molar-refractivity contribution in [2.75, 3.05) is 14.2 Å². The minimum atomic E-state index is -0.853. The monoisotopic (exact) mass is 318 g/mol. The SMILES string of the molecule is COc1ccc2c(=O)c(OC)c(-c3ccc(F)cc3F)oc2c1. The Balaban J connectivity index is 2.36. The molecule has 3 aromatic rings. The number of hydrogen-bond donors (Lipinski definition) is 0. The molecular formula is C17H12F2O4. The maximum absolute atomic E-state index is 14.0. The first-order valence-corrected chi connectivity index (χ1v) is 6.69. The van der Waals surface area contributed by atoms with Crippen LogP contribution >= 0.6 is 0 Å². The van der Waals surface area contributed by atoms with Crippen LogP contribution < -0.4 is 14.9 Å². The lowest BCUT2D eigenvalue weighted by atomic mass is 10.1. The molecule has 1 heterocycles. The molecule has 0 aliphatic carbocycles. The van der Waals surface area contributed by atoms with Gasteiger partial charge in [0.1, 0.15) is 23.0 Å². The highest BCUT2D eigenvalue weighted by Crippen LogP contribution is 2.33. The van der Waals surface area contributed by atoms with E-state index in [1.807, 2.05) is 0 Å². The molecule has 0 unspecified atom stereocenters. The van der Waals surface area contributed by atoms with Crippen molar-refractivity contribution in [3.8, 4) is 22.8 Å². The highest BCUT2D eigenvalue weighted by molar-refractivity contribution is 5.83. The molecule has 23 heavy (non-hydrogen) atoms. The van der Waals surface area contributed by atoms with Crippen molar-refractivity contribution >= 4 is 11.0 Å². The van der Waals surface area contributed by atoms with Gasteiger partial charge in [-0.05, 0) is 24.3 Å². The Morgan fingerprint density at radius 1 is 1.00 bits per heavy atom. The van der Waals surface area contributed by atoms with E-state index in [0.717, 1.165) is 6.07 Å². The molecule has 0 saturated carbocycles. The Labute approximate surface area is 129 Å². The van der Waals surface area contributed by atoms with Gasteiger partial charge in [-0.2, -0.15) is 0 Å². The van der Waals surface area contributed by atoms with E-state index in [4.69, 9.17) is 13.9 Å². The molecule has 0 fully saturated rings. The number of benzene rings is 2. The second-order valence-corrected chi connectivity index (χ2v) is 4.78. The van der Waals surface area contributed by atoms with Crippen molar-refractivity contribution in [2.24, 2.45) is 0 Å². The zero-order chi connectivity index (χ0) is 16.6. The molecule has 0 bridgehead atoms. The molecule has 1 aromatic heterocycles. The predicted octanol–water partition coefficient (Wildman–Crippen LogP) is 3.76. The van der Waals surface area contributed by atoms with Gasteiger partial charge in [-0.3, -0.25) is 4.79 Å². The molecule has 3 rings (SSSR count). The van der Waals surface area contributed by atoms with Crippen molar-refractivity contribution in [2.45, 2.75) is 0 Å². The summed E-state index contributed by atoms with van der Waals surface area (Å²) in [7, 11) is 2.76. The van der Waals surface area contributed by atoms with Crippen LogP contribution in [0, 0.1) is 11.6 Å². The summed E-state index contributed by atoms with van der Waals surface area (Å²) in [4.78, 5) is 12.5. The summed E-state index contributed by atoms with van der Waals surface area (Å²) in [6, 6.07) is 7.64. The smallest absolute Gasteiger partial charge is 0.235 e. The summed E-state index contributed by atoms with van der Waals surface area (Å²) in [6.45, 7) is 0. The van der Waals surface area contributed by atoms with Gasteiger partial charge in [0.15, 0.2) is 5.76 Å². The van der Waals surface area contributed by atoms with Gasteiger partial charge in [0.05, 0.1) is 25.2 Å². The van der Waals surface area contributed by atoms with Crippen LogP contribution in [0.25, 0.3) is 22.3 Å². The molecule has 0 aliphatic heterocycles. The van der Waals surface area contributed by atoms with Gasteiger partial charge in [-0.15, -0.1) is 0 Å². The molecule has 6 heteroatoms. The molecule has 0 spiro atoms. The van der Waals surface area contributed by atoms with Crippen LogP contribution in [0.1, 0.15) is 0 Å². The number of hydrogen-bond acceptors (Lipinski definition) is 4. The molecule has 0 amide bonds. The lowest BCUT2D eigenvalue weighted by Gasteiger charge is -2.10. The van der Waals surface area contributed by atoms with Crippen molar-refractivity contribution in [1.82, 2.24) is 0 Å². The van der Waals surface area contributed by atoms with Gasteiger partial charge in [-0.1, -0.05) is 0 Å². The van der Waals surface area contributed by atoms with E-state index in [9.17, 15) is 13.6 Å². The summed E-state index contributed by atoms with van der Waals surface area (Å²) in [5.74, 6) is -1.34. The average Bonchev–Trinajstić information content (AvgIpc) is 2.54. The van der Waals surface area contributed by atoms with Gasteiger partial charge < -0.3 is 13.9 Å². The molecule has 4 nitrogen and oxygen atoms in total. The Morgan fingerprint density at radius 3 is 2.43 bits per heavy atom. The second-order valence-electron chi connectivity index (χ2n) is 4.78. The van der Waals surface area contributed by atoms with Gasteiger partial charge in [0.2, 0.25) is 11.2 Å². The highest BCUT2D eigenvalue weighted by atomic mass is 19.1. The molecule has 0 radical (unpaired) electrons. The van der Waals surface area contributed by atoms with Crippen LogP contribution in [-0.4, -0.2) is 14.2 Å². The number of fused-ring (bicyclic) bond motifs is 1. The van der Waals surface area contributed by atoms with Crippen LogP contribution in [0.2, 0.25) is 0 Å². The number of ether oxygens (including phenoxy) is 2. The lowest BCUT2D eigenvalue weighted by molar-refractivity contribution is 0.396. The maximum atomic E-state index is 14.0. The minimum Gasteiger partial charge on any atom is -0.497 e. The topological polar surface area (TPSA) is 48.7 Å². The van der Waals surface area contributed by atoms with E-state index in [1.54, 1.807) is 6.07 Å². The van der Waals surface area contributed by atoms with Gasteiger partial charge in [0.25, 0.3) is 0 Å². The third-order valence-corrected chi connectivity index (χ3v) is 3.44. The van der Waals surface area contributed by atoms with Gasteiger partial charge in [0, 0.05) is 12.1 Å². The number of methoxy groups -OCH3 is 2. The fraction of sp³-hybridized carbons (Fsp3) is 0.118. The van der Waals surface area contributed by atoms with Crippen molar-refractivity contribution < 1.29 is 22.7 Å². The van der Waals surface area contributed by atoms with Crippen LogP contribution in [-0.2, 0) is 0 Å². The Kier molecular flexibility index (Phi) is 3.73. The van der Waals surface area contributed by atoms with Crippen molar-refractivity contribution in [3.05, 3.63) is 58.3 Å². The maximum Gasteiger partial charge on any atom is 0.235 e. The fourth-order valence-electron chi connectivity index (χ4n) is 2.32. The lowest BCUT2D eigenvalue weighted by Crippen LogP contribution is -2.08. The van der Waals surface area contributed by atoms with Crippen LogP contribution in [0.4, 0.5) is 8.78 Å². The van der Waals surface area contributed by atoms with Gasteiger partial charge >= 0.3 is 0 Å². The molecule has 0 atom stereocenters. The largest absolute Gasteiger partial charge is 0.497 e. The fourth-order valence-corrected chi connectivity index (χ4v) is 2.32. The first kappa shape index (κ1) is 15.0. The zero-order valence-corrected chi connectivity index (χ0v) is 12.4. The summed E-state index contributed by atoms with van der Waals surface area (Å²) in [5.41, 5.74) is -0.297. The normalized spacial score (nSPS) is 10.8. The highest BCUT2D eigenvalue weighted by Gasteiger charge is 2.20. The average molecular weight is 318 g/mol. The van der Waals surface area contributed by atoms with E-state index in [2.05, 4.69) is 0 Å². The van der Waals surface area contributed by atoms with Crippen molar-refractivity contribution in [1.29, 1.82) is 0 Å². The molecule has 0 saturated heterocycles. The van der Waals surface area contributed by atoms with E-state index < -0.39 is 17.1 Å². The number of halogens is 2. The van der Waals surface area contributed by atoms with E-state index in [-0.39, 0.29) is 28.0 Å². The third-order valence-electron chi connectivity index (χ3n) is 3.44. The van der Waals surface area contributed by atoms with Crippen LogP contribution in [0.15, 0.2) is 45.6 Å². The molecular weight excluding hydrogens is 306 g/mol. The number of rotatable bonds is 3. The summed E-state index contributed by atoms with van der Waals surface area (Å²) in [6.07, 6.45) is 0. The first-order chi connectivity index (χ1) is 11.0. The van der Waals surface area contributed by atoms with E-state index in [1.165, 1.54) is 32.4 Å². The second kappa shape index (κ2) is 5.72. The Bertz CT molecular complexity index is 947. The summed E-state index contributed by atoms with van der Waals surface area (Å²) >= 11 is 0. The van der Waals surface area contributed by atoms with Crippen molar-refractivity contribution in [3.63, 3.8) is 0 Å². The first-order valence-electron chi connectivity index (χ1n) is 6.69. The van der Waals surface area contributed by atoms with E-state index in [0.29, 0.717) is 11.8 Å². The molecule has 118 valence electrons. The third kappa shape index (κ3) is 2.52. The molecule has 0 aliphatic rings. The quantitative estimate of drug-likeness (QED) is 0.738. The minimum absolute atomic E-state index is 0.0648.